The van der Waals surface area contributed by atoms with Gasteiger partial charge in [-0.25, -0.2) is 10.4 Å². The van der Waals surface area contributed by atoms with E-state index < -0.39 is 0 Å². The van der Waals surface area contributed by atoms with Gasteiger partial charge in [-0.3, -0.25) is 5.84 Å². The molecule has 0 aromatic carbocycles. The number of hydrazine groups is 1. The molecule has 5 heteroatoms. The van der Waals surface area contributed by atoms with Crippen molar-refractivity contribution in [3.8, 4) is 0 Å². The second-order valence-electron chi connectivity index (χ2n) is 2.46. The fraction of sp³-hybridized carbons (Fsp3) is 0.571. The highest BCUT2D eigenvalue weighted by Gasteiger charge is 2.11. The Morgan fingerprint density at radius 1 is 1.83 bits per heavy atom. The second-order valence-corrected chi connectivity index (χ2v) is 3.72. The van der Waals surface area contributed by atoms with Crippen LogP contribution in [0.1, 0.15) is 15.9 Å². The van der Waals surface area contributed by atoms with Crippen molar-refractivity contribution in [2.45, 2.75) is 13.0 Å². The number of hydrogen-bond acceptors (Lipinski definition) is 5. The van der Waals surface area contributed by atoms with Gasteiger partial charge in [0.1, 0.15) is 0 Å². The first-order valence-corrected chi connectivity index (χ1v) is 4.47. The van der Waals surface area contributed by atoms with Crippen molar-refractivity contribution >= 4 is 11.3 Å². The first-order chi connectivity index (χ1) is 5.77. The van der Waals surface area contributed by atoms with Crippen LogP contribution in [-0.2, 0) is 4.74 Å². The zero-order chi connectivity index (χ0) is 8.97. The van der Waals surface area contributed by atoms with E-state index in [1.54, 1.807) is 18.4 Å². The van der Waals surface area contributed by atoms with Gasteiger partial charge in [0, 0.05) is 18.2 Å². The lowest BCUT2D eigenvalue weighted by molar-refractivity contribution is 0.168. The van der Waals surface area contributed by atoms with Crippen LogP contribution in [0, 0.1) is 6.92 Å². The van der Waals surface area contributed by atoms with Crippen LogP contribution < -0.4 is 11.3 Å². The van der Waals surface area contributed by atoms with Gasteiger partial charge in [-0.15, -0.1) is 11.3 Å². The van der Waals surface area contributed by atoms with Crippen LogP contribution in [0.2, 0.25) is 0 Å². The zero-order valence-corrected chi connectivity index (χ0v) is 8.02. The molecular weight excluding hydrogens is 174 g/mol. The lowest BCUT2D eigenvalue weighted by Gasteiger charge is -2.11. The Hall–Kier alpha value is -0.490. The number of nitrogens with two attached hydrogens (primary N) is 1. The van der Waals surface area contributed by atoms with Crippen molar-refractivity contribution in [2.24, 2.45) is 5.84 Å². The number of ether oxygens (including phenoxy) is 1. The van der Waals surface area contributed by atoms with Crippen LogP contribution in [-0.4, -0.2) is 18.7 Å². The maximum Gasteiger partial charge on any atom is 0.0897 e. The largest absolute Gasteiger partial charge is 0.383 e. The van der Waals surface area contributed by atoms with E-state index in [2.05, 4.69) is 10.4 Å². The molecule has 3 N–H and O–H groups in total. The highest BCUT2D eigenvalue weighted by molar-refractivity contribution is 7.11. The first kappa shape index (κ1) is 9.60. The molecule has 0 radical (unpaired) electrons. The minimum Gasteiger partial charge on any atom is -0.383 e. The molecule has 12 heavy (non-hydrogen) atoms. The summed E-state index contributed by atoms with van der Waals surface area (Å²) in [6, 6.07) is 0.0567. The first-order valence-electron chi connectivity index (χ1n) is 3.65. The quantitative estimate of drug-likeness (QED) is 0.535. The minimum atomic E-state index is 0.0567. The van der Waals surface area contributed by atoms with Gasteiger partial charge in [0.05, 0.1) is 17.7 Å². The third-order valence-corrected chi connectivity index (χ3v) is 2.54. The molecule has 68 valence electrons. The van der Waals surface area contributed by atoms with E-state index in [9.17, 15) is 0 Å². The Bertz CT molecular complexity index is 238. The number of rotatable bonds is 4. The molecule has 0 saturated carbocycles. The molecule has 1 rings (SSSR count). The molecule has 0 saturated heterocycles. The summed E-state index contributed by atoms with van der Waals surface area (Å²) in [7, 11) is 1.65. The Labute approximate surface area is 75.7 Å². The Kier molecular flexibility index (Phi) is 3.61. The molecule has 1 unspecified atom stereocenters. The van der Waals surface area contributed by atoms with Gasteiger partial charge in [-0.05, 0) is 6.92 Å². The molecule has 0 aliphatic carbocycles. The maximum atomic E-state index is 5.35. The van der Waals surface area contributed by atoms with E-state index in [1.807, 2.05) is 13.1 Å². The average Bonchev–Trinajstić information content (AvgIpc) is 2.47. The summed E-state index contributed by atoms with van der Waals surface area (Å²) in [5.74, 6) is 5.35. The van der Waals surface area contributed by atoms with Gasteiger partial charge in [0.2, 0.25) is 0 Å². The normalized spacial score (nSPS) is 13.2. The van der Waals surface area contributed by atoms with Crippen LogP contribution >= 0.6 is 11.3 Å². The summed E-state index contributed by atoms with van der Waals surface area (Å²) in [6.07, 6.45) is 1.82. The van der Waals surface area contributed by atoms with E-state index in [1.165, 1.54) is 0 Å². The lowest BCUT2D eigenvalue weighted by atomic mass is 10.3. The van der Waals surface area contributed by atoms with Crippen LogP contribution in [0.5, 0.6) is 0 Å². The summed E-state index contributed by atoms with van der Waals surface area (Å²) >= 11 is 1.63. The molecule has 0 fully saturated rings. The molecule has 1 heterocycles. The third-order valence-electron chi connectivity index (χ3n) is 1.52. The number of nitrogens with one attached hydrogen (secondary N) is 1. The van der Waals surface area contributed by atoms with E-state index in [0.717, 1.165) is 9.88 Å². The van der Waals surface area contributed by atoms with Gasteiger partial charge in [-0.1, -0.05) is 0 Å². The van der Waals surface area contributed by atoms with E-state index >= 15 is 0 Å². The topological polar surface area (TPSA) is 60.2 Å². The molecular formula is C7H13N3OS. The van der Waals surface area contributed by atoms with E-state index in [0.29, 0.717) is 6.61 Å². The monoisotopic (exact) mass is 187 g/mol. The van der Waals surface area contributed by atoms with Crippen molar-refractivity contribution in [3.05, 3.63) is 16.1 Å². The number of thiazole rings is 1. The smallest absolute Gasteiger partial charge is 0.0897 e. The van der Waals surface area contributed by atoms with Gasteiger partial charge in [-0.2, -0.15) is 0 Å². The summed E-state index contributed by atoms with van der Waals surface area (Å²) in [4.78, 5) is 5.24. The van der Waals surface area contributed by atoms with E-state index in [4.69, 9.17) is 10.6 Å². The van der Waals surface area contributed by atoms with Crippen molar-refractivity contribution in [1.82, 2.24) is 10.4 Å². The number of nitrogens with zero attached hydrogens (tertiary/aromatic N) is 1. The van der Waals surface area contributed by atoms with Crippen molar-refractivity contribution in [2.75, 3.05) is 13.7 Å². The summed E-state index contributed by atoms with van der Waals surface area (Å²) in [5.41, 5.74) is 2.68. The van der Waals surface area contributed by atoms with Crippen molar-refractivity contribution in [1.29, 1.82) is 0 Å². The Balaban J connectivity index is 2.66. The fourth-order valence-electron chi connectivity index (χ4n) is 0.918. The molecule has 0 bridgehead atoms. The Morgan fingerprint density at radius 2 is 2.58 bits per heavy atom. The summed E-state index contributed by atoms with van der Waals surface area (Å²) in [6.45, 7) is 2.53. The van der Waals surface area contributed by atoms with Gasteiger partial charge in [0.15, 0.2) is 0 Å². The maximum absolute atomic E-state index is 5.35. The van der Waals surface area contributed by atoms with Crippen LogP contribution in [0.15, 0.2) is 6.20 Å². The van der Waals surface area contributed by atoms with Crippen LogP contribution in [0.3, 0.4) is 0 Å². The molecule has 0 aliphatic heterocycles. The predicted molar refractivity (Wildman–Crippen MR) is 48.8 cm³/mol. The SMILES string of the molecule is COCC(NN)c1cnc(C)s1. The molecule has 0 spiro atoms. The Morgan fingerprint density at radius 3 is 3.00 bits per heavy atom. The highest BCUT2D eigenvalue weighted by atomic mass is 32.1. The molecule has 4 nitrogen and oxygen atoms in total. The summed E-state index contributed by atoms with van der Waals surface area (Å²) < 4.78 is 4.99. The number of aryl methyl sites for hydroxylation is 1. The molecule has 1 atom stereocenters. The lowest BCUT2D eigenvalue weighted by Crippen LogP contribution is -2.30. The minimum absolute atomic E-state index is 0.0567. The number of aromatic nitrogens is 1. The second kappa shape index (κ2) is 4.51. The van der Waals surface area contributed by atoms with Gasteiger partial charge >= 0.3 is 0 Å². The average molecular weight is 187 g/mol. The van der Waals surface area contributed by atoms with Crippen molar-refractivity contribution in [3.63, 3.8) is 0 Å². The standard InChI is InChI=1S/C7H13N3OS/c1-5-9-3-7(12-5)6(10-8)4-11-2/h3,6,10H,4,8H2,1-2H3. The van der Waals surface area contributed by atoms with Crippen LogP contribution in [0.4, 0.5) is 0 Å². The van der Waals surface area contributed by atoms with Crippen LogP contribution in [0.25, 0.3) is 0 Å². The summed E-state index contributed by atoms with van der Waals surface area (Å²) in [5, 5.41) is 1.04. The molecule has 1 aromatic heterocycles. The third kappa shape index (κ3) is 2.25. The zero-order valence-electron chi connectivity index (χ0n) is 7.20. The van der Waals surface area contributed by atoms with E-state index in [-0.39, 0.29) is 6.04 Å². The molecule has 1 aromatic rings. The fourth-order valence-corrected chi connectivity index (χ4v) is 1.75. The number of hydrogen-bond donors (Lipinski definition) is 2. The molecule has 0 aliphatic rings. The predicted octanol–water partition coefficient (Wildman–Crippen LogP) is 0.602. The highest BCUT2D eigenvalue weighted by Crippen LogP contribution is 2.19. The number of methoxy groups -OCH3 is 1. The van der Waals surface area contributed by atoms with Gasteiger partial charge in [0.25, 0.3) is 0 Å². The van der Waals surface area contributed by atoms with Crippen molar-refractivity contribution < 1.29 is 4.74 Å². The molecule has 0 amide bonds. The van der Waals surface area contributed by atoms with Gasteiger partial charge < -0.3 is 4.74 Å².